The number of aryl methyl sites for hydroxylation is 2. The van der Waals surface area contributed by atoms with Gasteiger partial charge >= 0.3 is 0 Å². The van der Waals surface area contributed by atoms with Gasteiger partial charge in [-0.1, -0.05) is 17.8 Å². The summed E-state index contributed by atoms with van der Waals surface area (Å²) < 4.78 is 5.58. The van der Waals surface area contributed by atoms with Crippen LogP contribution >= 0.6 is 23.5 Å². The fraction of sp³-hybridized carbons (Fsp3) is 0.438. The van der Waals surface area contributed by atoms with Crippen LogP contribution in [0.5, 0.6) is 0 Å². The van der Waals surface area contributed by atoms with Crippen molar-refractivity contribution < 1.29 is 9.21 Å². The molecule has 6 heteroatoms. The van der Waals surface area contributed by atoms with Crippen molar-refractivity contribution in [1.29, 1.82) is 0 Å². The van der Waals surface area contributed by atoms with Crippen molar-refractivity contribution in [3.63, 3.8) is 0 Å². The van der Waals surface area contributed by atoms with Crippen molar-refractivity contribution >= 4 is 29.3 Å². The number of benzene rings is 1. The van der Waals surface area contributed by atoms with Crippen molar-refractivity contribution in [3.8, 4) is 0 Å². The smallest absolute Gasteiger partial charge is 0.276 e. The first kappa shape index (κ1) is 17.1. The minimum absolute atomic E-state index is 0.112. The molecule has 0 aliphatic heterocycles. The maximum absolute atomic E-state index is 11.9. The van der Waals surface area contributed by atoms with E-state index in [-0.39, 0.29) is 5.78 Å². The van der Waals surface area contributed by atoms with E-state index in [0.717, 1.165) is 28.2 Å². The summed E-state index contributed by atoms with van der Waals surface area (Å²) in [6, 6.07) is 2.08. The van der Waals surface area contributed by atoms with Crippen LogP contribution < -0.4 is 0 Å². The molecule has 1 aromatic carbocycles. The highest BCUT2D eigenvalue weighted by molar-refractivity contribution is 7.98. The summed E-state index contributed by atoms with van der Waals surface area (Å²) in [6.45, 7) is 7.70. The molecule has 0 amide bonds. The average molecular weight is 336 g/mol. The van der Waals surface area contributed by atoms with Gasteiger partial charge in [0.25, 0.3) is 5.22 Å². The number of thioether (sulfide) groups is 2. The quantitative estimate of drug-likeness (QED) is 0.577. The van der Waals surface area contributed by atoms with E-state index >= 15 is 0 Å². The van der Waals surface area contributed by atoms with Crippen LogP contribution in [0.2, 0.25) is 0 Å². The Balaban J connectivity index is 2.22. The second kappa shape index (κ2) is 7.33. The van der Waals surface area contributed by atoms with E-state index in [1.807, 2.05) is 20.1 Å². The fourth-order valence-electron chi connectivity index (χ4n) is 2.60. The second-order valence-electron chi connectivity index (χ2n) is 5.23. The van der Waals surface area contributed by atoms with E-state index in [0.29, 0.717) is 11.1 Å². The molecule has 0 aliphatic carbocycles. The molecule has 2 rings (SSSR count). The van der Waals surface area contributed by atoms with Crippen LogP contribution in [0, 0.1) is 20.8 Å². The van der Waals surface area contributed by atoms with Gasteiger partial charge < -0.3 is 4.42 Å². The second-order valence-corrected chi connectivity index (χ2v) is 7.02. The van der Waals surface area contributed by atoms with Gasteiger partial charge in [0.2, 0.25) is 5.89 Å². The first-order chi connectivity index (χ1) is 10.4. The molecule has 4 nitrogen and oxygen atoms in total. The standard InChI is InChI=1S/C16H20N2O2S2/c1-9-6-10(2)15(12(4)19)11(3)13(9)7-22-16-18-17-14(20-16)8-21-5/h6H,7-8H2,1-5H3. The lowest BCUT2D eigenvalue weighted by Gasteiger charge is -2.15. The molecule has 22 heavy (non-hydrogen) atoms. The maximum Gasteiger partial charge on any atom is 0.276 e. The Kier molecular flexibility index (Phi) is 5.69. The molecule has 1 aromatic heterocycles. The van der Waals surface area contributed by atoms with Gasteiger partial charge in [-0.05, 0) is 56.2 Å². The third kappa shape index (κ3) is 3.73. The van der Waals surface area contributed by atoms with Crippen molar-refractivity contribution in [2.24, 2.45) is 0 Å². The van der Waals surface area contributed by atoms with Gasteiger partial charge in [-0.2, -0.15) is 11.8 Å². The Labute approximate surface area is 139 Å². The van der Waals surface area contributed by atoms with Crippen LogP contribution in [-0.4, -0.2) is 22.2 Å². The zero-order chi connectivity index (χ0) is 16.3. The number of rotatable bonds is 6. The van der Waals surface area contributed by atoms with Crippen LogP contribution in [0.4, 0.5) is 0 Å². The number of nitrogens with zero attached hydrogens (tertiary/aromatic N) is 2. The van der Waals surface area contributed by atoms with Gasteiger partial charge in [0.05, 0.1) is 5.75 Å². The van der Waals surface area contributed by atoms with Crippen LogP contribution in [-0.2, 0) is 11.5 Å². The van der Waals surface area contributed by atoms with E-state index < -0.39 is 0 Å². The van der Waals surface area contributed by atoms with Crippen molar-refractivity contribution in [2.45, 2.75) is 44.4 Å². The Morgan fingerprint density at radius 3 is 2.55 bits per heavy atom. The molecule has 0 radical (unpaired) electrons. The highest BCUT2D eigenvalue weighted by Crippen LogP contribution is 2.29. The number of carbonyl (C=O) groups excluding carboxylic acids is 1. The van der Waals surface area contributed by atoms with E-state index in [4.69, 9.17) is 4.42 Å². The molecule has 1 heterocycles. The molecule has 118 valence electrons. The van der Waals surface area contributed by atoms with Crippen LogP contribution in [0.15, 0.2) is 15.7 Å². The third-order valence-corrected chi connectivity index (χ3v) is 4.92. The summed E-state index contributed by atoms with van der Waals surface area (Å²) >= 11 is 3.17. The first-order valence-corrected chi connectivity index (χ1v) is 9.36. The number of ketones is 1. The molecule has 0 saturated carbocycles. The number of aromatic nitrogens is 2. The Bertz CT molecular complexity index is 696. The molecular formula is C16H20N2O2S2. The molecule has 0 N–H and O–H groups in total. The molecule has 0 unspecified atom stereocenters. The van der Waals surface area contributed by atoms with Crippen molar-refractivity contribution in [3.05, 3.63) is 39.8 Å². The predicted molar refractivity (Wildman–Crippen MR) is 91.7 cm³/mol. The summed E-state index contributed by atoms with van der Waals surface area (Å²) in [4.78, 5) is 11.9. The summed E-state index contributed by atoms with van der Waals surface area (Å²) in [7, 11) is 0. The van der Waals surface area contributed by atoms with E-state index in [1.54, 1.807) is 18.7 Å². The monoisotopic (exact) mass is 336 g/mol. The number of carbonyl (C=O) groups is 1. The van der Waals surface area contributed by atoms with E-state index in [1.165, 1.54) is 22.9 Å². The minimum Gasteiger partial charge on any atom is -0.415 e. The largest absolute Gasteiger partial charge is 0.415 e. The summed E-state index contributed by atoms with van der Waals surface area (Å²) in [6.07, 6.45) is 2.00. The number of Topliss-reactive ketones (excluding diaryl/α,β-unsaturated/α-hetero) is 1. The average Bonchev–Trinajstić information content (AvgIpc) is 2.85. The van der Waals surface area contributed by atoms with Crippen molar-refractivity contribution in [2.75, 3.05) is 6.26 Å². The SMILES string of the molecule is CSCc1nnc(SCc2c(C)cc(C)c(C(C)=O)c2C)o1. The lowest BCUT2D eigenvalue weighted by atomic mass is 9.92. The topological polar surface area (TPSA) is 56.0 Å². The first-order valence-electron chi connectivity index (χ1n) is 6.98. The predicted octanol–water partition coefficient (Wildman–Crippen LogP) is 4.35. The Hall–Kier alpha value is -1.27. The normalized spacial score (nSPS) is 11.0. The van der Waals surface area contributed by atoms with Gasteiger partial charge in [0.1, 0.15) is 0 Å². The van der Waals surface area contributed by atoms with Gasteiger partial charge in [0, 0.05) is 11.3 Å². The van der Waals surface area contributed by atoms with Gasteiger partial charge in [0.15, 0.2) is 5.78 Å². The van der Waals surface area contributed by atoms with Crippen LogP contribution in [0.1, 0.15) is 45.4 Å². The number of hydrogen-bond donors (Lipinski definition) is 0. The zero-order valence-corrected chi connectivity index (χ0v) is 15.2. The molecule has 0 saturated heterocycles. The lowest BCUT2D eigenvalue weighted by molar-refractivity contribution is 0.101. The number of hydrogen-bond acceptors (Lipinski definition) is 6. The molecule has 0 fully saturated rings. The summed E-state index contributed by atoms with van der Waals surface area (Å²) in [5, 5.41) is 8.64. The van der Waals surface area contributed by atoms with Gasteiger partial charge in [-0.3, -0.25) is 4.79 Å². The molecule has 2 aromatic rings. The fourth-order valence-corrected chi connectivity index (χ4v) is 3.93. The third-order valence-electron chi connectivity index (χ3n) is 3.54. The van der Waals surface area contributed by atoms with E-state index in [2.05, 4.69) is 23.2 Å². The highest BCUT2D eigenvalue weighted by atomic mass is 32.2. The van der Waals surface area contributed by atoms with Crippen molar-refractivity contribution in [1.82, 2.24) is 10.2 Å². The van der Waals surface area contributed by atoms with E-state index in [9.17, 15) is 4.79 Å². The van der Waals surface area contributed by atoms with Crippen LogP contribution in [0.3, 0.4) is 0 Å². The van der Waals surface area contributed by atoms with Gasteiger partial charge in [-0.15, -0.1) is 10.2 Å². The minimum atomic E-state index is 0.112. The zero-order valence-electron chi connectivity index (χ0n) is 13.5. The Morgan fingerprint density at radius 1 is 1.18 bits per heavy atom. The summed E-state index contributed by atoms with van der Waals surface area (Å²) in [5.74, 6) is 2.21. The molecule has 0 atom stereocenters. The van der Waals surface area contributed by atoms with Gasteiger partial charge in [-0.25, -0.2) is 0 Å². The Morgan fingerprint density at radius 2 is 1.91 bits per heavy atom. The molecule has 0 spiro atoms. The molecular weight excluding hydrogens is 316 g/mol. The maximum atomic E-state index is 11.9. The lowest BCUT2D eigenvalue weighted by Crippen LogP contribution is -2.05. The highest BCUT2D eigenvalue weighted by Gasteiger charge is 2.15. The molecule has 0 aliphatic rings. The summed E-state index contributed by atoms with van der Waals surface area (Å²) in [5.41, 5.74) is 5.29. The molecule has 0 bridgehead atoms. The van der Waals surface area contributed by atoms with Crippen LogP contribution in [0.25, 0.3) is 0 Å².